The van der Waals surface area contributed by atoms with Gasteiger partial charge < -0.3 is 4.90 Å². The molecule has 1 aliphatic carbocycles. The highest BCUT2D eigenvalue weighted by Crippen LogP contribution is 2.50. The second-order valence-corrected chi connectivity index (χ2v) is 7.18. The Labute approximate surface area is 133 Å². The Hall–Kier alpha value is -1.68. The Morgan fingerprint density at radius 1 is 1.23 bits per heavy atom. The van der Waals surface area contributed by atoms with E-state index in [-0.39, 0.29) is 29.6 Å². The molecule has 3 atom stereocenters. The number of carbonyl (C=O) groups excluding carboxylic acids is 1. The quantitative estimate of drug-likeness (QED) is 0.824. The van der Waals surface area contributed by atoms with Gasteiger partial charge in [-0.05, 0) is 54.3 Å². The van der Waals surface area contributed by atoms with Crippen molar-refractivity contribution in [1.82, 2.24) is 4.90 Å². The average Bonchev–Trinajstić information content (AvgIpc) is 2.94. The number of amides is 1. The lowest BCUT2D eigenvalue weighted by molar-refractivity contribution is -0.133. The minimum absolute atomic E-state index is 0.0889. The highest BCUT2D eigenvalue weighted by Gasteiger charge is 2.47. The van der Waals surface area contributed by atoms with E-state index in [4.69, 9.17) is 0 Å². The summed E-state index contributed by atoms with van der Waals surface area (Å²) in [5.41, 5.74) is 1.09. The van der Waals surface area contributed by atoms with Gasteiger partial charge in [-0.1, -0.05) is 18.2 Å². The molecule has 1 saturated carbocycles. The van der Waals surface area contributed by atoms with Crippen molar-refractivity contribution in [3.05, 3.63) is 58.0 Å². The van der Waals surface area contributed by atoms with Crippen LogP contribution in [0.15, 0.2) is 41.8 Å². The molecule has 2 nitrogen and oxygen atoms in total. The lowest BCUT2D eigenvalue weighted by Gasteiger charge is -2.24. The maximum absolute atomic E-state index is 13.0. The van der Waals surface area contributed by atoms with Gasteiger partial charge in [0, 0.05) is 17.3 Å². The summed E-state index contributed by atoms with van der Waals surface area (Å²) in [6, 6.07) is 11.0. The van der Waals surface area contributed by atoms with E-state index in [2.05, 4.69) is 22.4 Å². The fourth-order valence-electron chi connectivity index (χ4n) is 3.57. The summed E-state index contributed by atoms with van der Waals surface area (Å²) < 4.78 is 13.0. The van der Waals surface area contributed by atoms with Gasteiger partial charge >= 0.3 is 0 Å². The predicted octanol–water partition coefficient (Wildman–Crippen LogP) is 4.35. The molecule has 0 radical (unpaired) electrons. The van der Waals surface area contributed by atoms with Gasteiger partial charge in [-0.25, -0.2) is 4.39 Å². The second kappa shape index (κ2) is 5.51. The molecule has 2 aliphatic rings. The van der Waals surface area contributed by atoms with Crippen molar-refractivity contribution in [2.45, 2.75) is 31.2 Å². The van der Waals surface area contributed by atoms with Crippen molar-refractivity contribution in [3.63, 3.8) is 0 Å². The summed E-state index contributed by atoms with van der Waals surface area (Å²) in [6.07, 6.45) is 3.06. The lowest BCUT2D eigenvalue weighted by Crippen LogP contribution is -2.31. The molecule has 2 heterocycles. The molecule has 0 bridgehead atoms. The highest BCUT2D eigenvalue weighted by atomic mass is 32.1. The second-order valence-electron chi connectivity index (χ2n) is 6.21. The summed E-state index contributed by atoms with van der Waals surface area (Å²) in [4.78, 5) is 16.2. The van der Waals surface area contributed by atoms with Crippen molar-refractivity contribution in [1.29, 1.82) is 0 Å². The monoisotopic (exact) mass is 315 g/mol. The fraction of sp³-hybridized carbons (Fsp3) is 0.389. The topological polar surface area (TPSA) is 20.3 Å². The van der Waals surface area contributed by atoms with Crippen LogP contribution in [-0.2, 0) is 4.79 Å². The third-order valence-electron chi connectivity index (χ3n) is 4.81. The summed E-state index contributed by atoms with van der Waals surface area (Å²) in [5, 5.41) is 2.08. The van der Waals surface area contributed by atoms with Gasteiger partial charge in [0.15, 0.2) is 0 Å². The molecule has 1 aliphatic heterocycles. The number of hydrogen-bond donors (Lipinski definition) is 0. The molecule has 1 saturated heterocycles. The molecule has 1 amide bonds. The van der Waals surface area contributed by atoms with Crippen LogP contribution in [0.1, 0.15) is 41.7 Å². The fourth-order valence-corrected chi connectivity index (χ4v) is 4.44. The van der Waals surface area contributed by atoms with Crippen LogP contribution in [0.4, 0.5) is 4.39 Å². The van der Waals surface area contributed by atoms with Crippen LogP contribution in [0, 0.1) is 11.7 Å². The number of hydrogen-bond acceptors (Lipinski definition) is 2. The van der Waals surface area contributed by atoms with E-state index in [9.17, 15) is 9.18 Å². The number of nitrogens with zero attached hydrogens (tertiary/aromatic N) is 1. The minimum atomic E-state index is -0.218. The van der Waals surface area contributed by atoms with Crippen LogP contribution in [0.5, 0.6) is 0 Å². The van der Waals surface area contributed by atoms with Gasteiger partial charge in [0.05, 0.1) is 6.04 Å². The molecule has 0 spiro atoms. The zero-order chi connectivity index (χ0) is 15.1. The molecule has 4 rings (SSSR count). The van der Waals surface area contributed by atoms with Crippen LogP contribution in [0.25, 0.3) is 0 Å². The standard InChI is InChI=1S/C18H18FNOS/c19-13-7-5-12(6-8-13)14-11-15(14)18(21)20-9-1-3-16(20)17-4-2-10-22-17/h2,4-8,10,14-16H,1,3,9,11H2. The molecule has 1 aromatic heterocycles. The molecule has 1 aromatic carbocycles. The van der Waals surface area contributed by atoms with Gasteiger partial charge in [-0.15, -0.1) is 11.3 Å². The van der Waals surface area contributed by atoms with E-state index < -0.39 is 0 Å². The van der Waals surface area contributed by atoms with Crippen molar-refractivity contribution < 1.29 is 9.18 Å². The van der Waals surface area contributed by atoms with Gasteiger partial charge in [-0.3, -0.25) is 4.79 Å². The Kier molecular flexibility index (Phi) is 3.49. The minimum Gasteiger partial charge on any atom is -0.335 e. The maximum atomic E-state index is 13.0. The highest BCUT2D eigenvalue weighted by molar-refractivity contribution is 7.10. The molecule has 22 heavy (non-hydrogen) atoms. The maximum Gasteiger partial charge on any atom is 0.226 e. The molecular formula is C18H18FNOS. The Morgan fingerprint density at radius 2 is 2.05 bits per heavy atom. The molecule has 2 fully saturated rings. The number of rotatable bonds is 3. The summed E-state index contributed by atoms with van der Waals surface area (Å²) in [6.45, 7) is 0.869. The first-order chi connectivity index (χ1) is 10.7. The van der Waals surface area contributed by atoms with Crippen molar-refractivity contribution in [2.75, 3.05) is 6.54 Å². The molecule has 4 heteroatoms. The molecular weight excluding hydrogens is 297 g/mol. The number of likely N-dealkylation sites (tertiary alicyclic amines) is 1. The molecule has 114 valence electrons. The number of carbonyl (C=O) groups is 1. The van der Waals surface area contributed by atoms with Crippen LogP contribution in [0.2, 0.25) is 0 Å². The molecule has 3 unspecified atom stereocenters. The van der Waals surface area contributed by atoms with Gasteiger partial charge in [0.25, 0.3) is 0 Å². The van der Waals surface area contributed by atoms with E-state index in [0.29, 0.717) is 0 Å². The molecule has 2 aromatic rings. The van der Waals surface area contributed by atoms with Crippen LogP contribution in [-0.4, -0.2) is 17.4 Å². The SMILES string of the molecule is O=C(C1CC1c1ccc(F)cc1)N1CCCC1c1cccs1. The van der Waals surface area contributed by atoms with Crippen molar-refractivity contribution in [2.24, 2.45) is 5.92 Å². The average molecular weight is 315 g/mol. The molecule has 0 N–H and O–H groups in total. The van der Waals surface area contributed by atoms with E-state index in [1.54, 1.807) is 11.3 Å². The normalized spacial score (nSPS) is 27.1. The number of benzene rings is 1. The van der Waals surface area contributed by atoms with Crippen LogP contribution in [0.3, 0.4) is 0 Å². The Bertz CT molecular complexity index is 667. The Morgan fingerprint density at radius 3 is 2.77 bits per heavy atom. The zero-order valence-electron chi connectivity index (χ0n) is 12.2. The Balaban J connectivity index is 1.47. The van der Waals surface area contributed by atoms with Gasteiger partial charge in [0.1, 0.15) is 5.82 Å². The van der Waals surface area contributed by atoms with Crippen LogP contribution < -0.4 is 0 Å². The summed E-state index contributed by atoms with van der Waals surface area (Å²) in [7, 11) is 0. The first-order valence-electron chi connectivity index (χ1n) is 7.83. The summed E-state index contributed by atoms with van der Waals surface area (Å²) in [5.74, 6) is 0.429. The zero-order valence-corrected chi connectivity index (χ0v) is 13.1. The van der Waals surface area contributed by atoms with Crippen molar-refractivity contribution >= 4 is 17.2 Å². The lowest BCUT2D eigenvalue weighted by atomic mass is 10.1. The van der Waals surface area contributed by atoms with Crippen LogP contribution >= 0.6 is 11.3 Å². The first kappa shape index (κ1) is 13.9. The largest absolute Gasteiger partial charge is 0.335 e. The van der Waals surface area contributed by atoms with E-state index in [1.807, 2.05) is 12.1 Å². The smallest absolute Gasteiger partial charge is 0.226 e. The number of thiophene rings is 1. The van der Waals surface area contributed by atoms with E-state index >= 15 is 0 Å². The summed E-state index contributed by atoms with van der Waals surface area (Å²) >= 11 is 1.74. The third-order valence-corrected chi connectivity index (χ3v) is 5.79. The van der Waals surface area contributed by atoms with Gasteiger partial charge in [-0.2, -0.15) is 0 Å². The van der Waals surface area contributed by atoms with E-state index in [1.165, 1.54) is 17.0 Å². The van der Waals surface area contributed by atoms with Crippen molar-refractivity contribution in [3.8, 4) is 0 Å². The first-order valence-corrected chi connectivity index (χ1v) is 8.71. The third kappa shape index (κ3) is 2.45. The van der Waals surface area contributed by atoms with E-state index in [0.717, 1.165) is 31.4 Å². The number of halogens is 1. The van der Waals surface area contributed by atoms with Gasteiger partial charge in [0.2, 0.25) is 5.91 Å². The predicted molar refractivity (Wildman–Crippen MR) is 85.3 cm³/mol.